The first-order chi connectivity index (χ1) is 9.13. The molecule has 94 valence electrons. The van der Waals surface area contributed by atoms with Gasteiger partial charge in [0.15, 0.2) is 5.78 Å². The van der Waals surface area contributed by atoms with E-state index in [4.69, 9.17) is 5.53 Å². The number of rotatable bonds is 3. The van der Waals surface area contributed by atoms with Gasteiger partial charge in [-0.05, 0) is 24.1 Å². The Kier molecular flexibility index (Phi) is 3.64. The molecule has 1 aromatic carbocycles. The van der Waals surface area contributed by atoms with E-state index < -0.39 is 5.54 Å². The molecule has 0 unspecified atom stereocenters. The van der Waals surface area contributed by atoms with E-state index >= 15 is 0 Å². The Labute approximate surface area is 111 Å². The van der Waals surface area contributed by atoms with Crippen molar-refractivity contribution in [2.45, 2.75) is 12.5 Å². The molecule has 0 atom stereocenters. The van der Waals surface area contributed by atoms with Gasteiger partial charge in [0.2, 0.25) is 0 Å². The van der Waals surface area contributed by atoms with Crippen molar-refractivity contribution in [2.75, 3.05) is 0 Å². The molecule has 1 aromatic rings. The normalized spacial score (nSPS) is 20.8. The number of allylic oxidation sites excluding steroid dienone is 4. The highest BCUT2D eigenvalue weighted by Crippen LogP contribution is 2.22. The lowest BCUT2D eigenvalue weighted by atomic mass is 9.94. The quantitative estimate of drug-likeness (QED) is 0.263. The molecule has 0 radical (unpaired) electrons. The van der Waals surface area contributed by atoms with Gasteiger partial charge in [-0.3, -0.25) is 4.79 Å². The monoisotopic (exact) mass is 251 g/mol. The fourth-order valence-corrected chi connectivity index (χ4v) is 1.74. The number of carbonyl (C=O) groups excluding carboxylic acids is 1. The van der Waals surface area contributed by atoms with Crippen molar-refractivity contribution in [3.63, 3.8) is 0 Å². The number of carbonyl (C=O) groups is 1. The van der Waals surface area contributed by atoms with Crippen molar-refractivity contribution in [3.05, 3.63) is 82.3 Å². The molecule has 0 heterocycles. The molecule has 0 saturated heterocycles. The van der Waals surface area contributed by atoms with E-state index in [-0.39, 0.29) is 5.78 Å². The van der Waals surface area contributed by atoms with Gasteiger partial charge in [0.05, 0.1) is 5.54 Å². The number of nitrogens with zero attached hydrogens (tertiary/aromatic N) is 3. The zero-order chi connectivity index (χ0) is 13.7. The molecule has 19 heavy (non-hydrogen) atoms. The van der Waals surface area contributed by atoms with Crippen LogP contribution in [-0.4, -0.2) is 11.3 Å². The van der Waals surface area contributed by atoms with Crippen molar-refractivity contribution in [2.24, 2.45) is 5.11 Å². The summed E-state index contributed by atoms with van der Waals surface area (Å²) in [6.07, 6.45) is 8.69. The van der Waals surface area contributed by atoms with Crippen LogP contribution in [0.1, 0.15) is 17.3 Å². The Balaban J connectivity index is 2.18. The summed E-state index contributed by atoms with van der Waals surface area (Å²) in [6, 6.07) is 9.09. The van der Waals surface area contributed by atoms with Crippen LogP contribution in [-0.2, 0) is 0 Å². The van der Waals surface area contributed by atoms with E-state index in [0.29, 0.717) is 5.56 Å². The van der Waals surface area contributed by atoms with Crippen LogP contribution in [0.25, 0.3) is 10.4 Å². The van der Waals surface area contributed by atoms with Crippen molar-refractivity contribution in [1.29, 1.82) is 0 Å². The molecule has 2 rings (SSSR count). The van der Waals surface area contributed by atoms with Gasteiger partial charge in [-0.2, -0.15) is 0 Å². The fourth-order valence-electron chi connectivity index (χ4n) is 1.74. The van der Waals surface area contributed by atoms with Gasteiger partial charge >= 0.3 is 0 Å². The molecule has 0 aliphatic heterocycles. The molecule has 0 fully saturated rings. The van der Waals surface area contributed by atoms with Gasteiger partial charge in [-0.25, -0.2) is 0 Å². The molecule has 0 N–H and O–H groups in total. The smallest absolute Gasteiger partial charge is 0.186 e. The molecule has 0 spiro atoms. The minimum Gasteiger partial charge on any atom is -0.289 e. The second kappa shape index (κ2) is 5.38. The van der Waals surface area contributed by atoms with Gasteiger partial charge in [0.25, 0.3) is 0 Å². The highest BCUT2D eigenvalue weighted by molar-refractivity contribution is 6.05. The summed E-state index contributed by atoms with van der Waals surface area (Å²) in [6.45, 7) is 1.80. The van der Waals surface area contributed by atoms with Crippen LogP contribution >= 0.6 is 0 Å². The number of azide groups is 1. The highest BCUT2D eigenvalue weighted by atomic mass is 16.1. The zero-order valence-electron chi connectivity index (χ0n) is 10.5. The van der Waals surface area contributed by atoms with E-state index in [1.165, 1.54) is 0 Å². The largest absolute Gasteiger partial charge is 0.289 e. The summed E-state index contributed by atoms with van der Waals surface area (Å²) in [5.74, 6) is -0.0442. The number of benzene rings is 1. The Hall–Kier alpha value is -2.58. The van der Waals surface area contributed by atoms with E-state index in [2.05, 4.69) is 10.0 Å². The van der Waals surface area contributed by atoms with Crippen LogP contribution < -0.4 is 0 Å². The van der Waals surface area contributed by atoms with Crippen LogP contribution in [0.15, 0.2) is 71.4 Å². The summed E-state index contributed by atoms with van der Waals surface area (Å²) in [5, 5.41) is 3.68. The highest BCUT2D eigenvalue weighted by Gasteiger charge is 2.17. The Morgan fingerprint density at radius 1 is 1.26 bits per heavy atom. The van der Waals surface area contributed by atoms with Crippen LogP contribution in [0.3, 0.4) is 0 Å². The molecule has 4 heteroatoms. The van der Waals surface area contributed by atoms with E-state index in [1.807, 2.05) is 18.2 Å². The lowest BCUT2D eigenvalue weighted by molar-refractivity contribution is 0.104. The zero-order valence-corrected chi connectivity index (χ0v) is 10.5. The van der Waals surface area contributed by atoms with Crippen molar-refractivity contribution >= 4 is 5.78 Å². The lowest BCUT2D eigenvalue weighted by Crippen LogP contribution is -2.15. The summed E-state index contributed by atoms with van der Waals surface area (Å²) < 4.78 is 0. The first kappa shape index (κ1) is 12.9. The molecule has 0 amide bonds. The van der Waals surface area contributed by atoms with Crippen LogP contribution in [0.2, 0.25) is 0 Å². The third-order valence-corrected chi connectivity index (χ3v) is 2.84. The first-order valence-corrected chi connectivity index (χ1v) is 5.89. The SMILES string of the molecule is CC1(N=[N+]=[N-])C=CC(=CC(=O)c2ccccc2)C=C1. The molecular weight excluding hydrogens is 238 g/mol. The molecule has 1 aliphatic carbocycles. The predicted octanol–water partition coefficient (Wildman–Crippen LogP) is 3.99. The van der Waals surface area contributed by atoms with Gasteiger partial charge in [-0.1, -0.05) is 59.8 Å². The van der Waals surface area contributed by atoms with Gasteiger partial charge in [0, 0.05) is 10.5 Å². The van der Waals surface area contributed by atoms with Crippen molar-refractivity contribution in [1.82, 2.24) is 0 Å². The summed E-state index contributed by atoms with van der Waals surface area (Å²) in [5.41, 5.74) is 9.26. The maximum absolute atomic E-state index is 12.0. The second-order valence-electron chi connectivity index (χ2n) is 4.46. The number of hydrogen-bond acceptors (Lipinski definition) is 2. The Morgan fingerprint density at radius 3 is 2.47 bits per heavy atom. The fraction of sp³-hybridized carbons (Fsp3) is 0.133. The second-order valence-corrected chi connectivity index (χ2v) is 4.46. The van der Waals surface area contributed by atoms with Crippen LogP contribution in [0.4, 0.5) is 0 Å². The minimum atomic E-state index is -0.651. The molecule has 4 nitrogen and oxygen atoms in total. The minimum absolute atomic E-state index is 0.0442. The lowest BCUT2D eigenvalue weighted by Gasteiger charge is -2.17. The van der Waals surface area contributed by atoms with Gasteiger partial charge < -0.3 is 0 Å². The van der Waals surface area contributed by atoms with E-state index in [0.717, 1.165) is 5.57 Å². The van der Waals surface area contributed by atoms with Crippen LogP contribution in [0.5, 0.6) is 0 Å². The first-order valence-electron chi connectivity index (χ1n) is 5.89. The molecular formula is C15H13N3O. The standard InChI is InChI=1S/C15H13N3O/c1-15(17-18-16)9-7-12(8-10-15)11-14(19)13-5-3-2-4-6-13/h2-11H,1H3. The van der Waals surface area contributed by atoms with E-state index in [1.54, 1.807) is 49.4 Å². The van der Waals surface area contributed by atoms with Gasteiger partial charge in [0.1, 0.15) is 0 Å². The van der Waals surface area contributed by atoms with E-state index in [9.17, 15) is 4.79 Å². The van der Waals surface area contributed by atoms with Crippen LogP contribution in [0, 0.1) is 0 Å². The Morgan fingerprint density at radius 2 is 1.89 bits per heavy atom. The maximum atomic E-state index is 12.0. The molecule has 1 aliphatic rings. The molecule has 0 bridgehead atoms. The molecule has 0 saturated carbocycles. The topological polar surface area (TPSA) is 65.8 Å². The summed E-state index contributed by atoms with van der Waals surface area (Å²) in [4.78, 5) is 14.8. The van der Waals surface area contributed by atoms with Gasteiger partial charge in [-0.15, -0.1) is 0 Å². The average molecular weight is 251 g/mol. The number of ketones is 1. The maximum Gasteiger partial charge on any atom is 0.186 e. The summed E-state index contributed by atoms with van der Waals surface area (Å²) in [7, 11) is 0. The predicted molar refractivity (Wildman–Crippen MR) is 74.7 cm³/mol. The number of hydrogen-bond donors (Lipinski definition) is 0. The Bertz CT molecular complexity index is 604. The van der Waals surface area contributed by atoms with Crippen molar-refractivity contribution in [3.8, 4) is 0 Å². The third kappa shape index (κ3) is 3.21. The third-order valence-electron chi connectivity index (χ3n) is 2.84. The summed E-state index contributed by atoms with van der Waals surface area (Å²) >= 11 is 0. The molecule has 0 aromatic heterocycles. The van der Waals surface area contributed by atoms with Crippen molar-refractivity contribution < 1.29 is 4.79 Å². The average Bonchev–Trinajstić information content (AvgIpc) is 2.43.